The molecule has 0 aliphatic carbocycles. The Kier molecular flexibility index (Phi) is 7.16. The molecule has 0 radical (unpaired) electrons. The normalized spacial score (nSPS) is 12.6. The second kappa shape index (κ2) is 8.97. The third kappa shape index (κ3) is 5.62. The summed E-state index contributed by atoms with van der Waals surface area (Å²) in [5.41, 5.74) is 0.00757. The van der Waals surface area contributed by atoms with Crippen LogP contribution in [0.15, 0.2) is 41.3 Å². The van der Waals surface area contributed by atoms with Crippen molar-refractivity contribution in [1.82, 2.24) is 4.72 Å². The Morgan fingerprint density at radius 1 is 1.19 bits per heavy atom. The molecule has 1 unspecified atom stereocenters. The van der Waals surface area contributed by atoms with E-state index in [9.17, 15) is 22.0 Å². The van der Waals surface area contributed by atoms with Gasteiger partial charge in [-0.05, 0) is 31.2 Å². The van der Waals surface area contributed by atoms with Gasteiger partial charge in [-0.15, -0.1) is 0 Å². The highest BCUT2D eigenvalue weighted by molar-refractivity contribution is 7.89. The maximum absolute atomic E-state index is 13.7. The Labute approximate surface area is 165 Å². The third-order valence-corrected chi connectivity index (χ3v) is 5.93. The zero-order valence-electron chi connectivity index (χ0n) is 14.0. The van der Waals surface area contributed by atoms with Crippen LogP contribution in [0.2, 0.25) is 10.0 Å². The zero-order valence-corrected chi connectivity index (χ0v) is 16.3. The van der Waals surface area contributed by atoms with Crippen LogP contribution in [0.3, 0.4) is 0 Å². The van der Waals surface area contributed by atoms with Crippen LogP contribution < -0.4 is 4.72 Å². The summed E-state index contributed by atoms with van der Waals surface area (Å²) in [6.45, 7) is 1.14. The molecule has 2 aromatic rings. The number of esters is 1. The molecule has 27 heavy (non-hydrogen) atoms. The Hall–Kier alpha value is -1.74. The standard InChI is InChI=1S/C17H15Cl2F2NO4S/c1-10(12-6-5-11(20)9-15(12)21)26-16(23)7-8-22-27(24,25)17-13(18)3-2-4-14(17)19/h2-6,9-10,22H,7-8H2,1H3. The number of hydrogen-bond acceptors (Lipinski definition) is 4. The van der Waals surface area contributed by atoms with Crippen molar-refractivity contribution < 1.29 is 26.7 Å². The van der Waals surface area contributed by atoms with Gasteiger partial charge in [-0.2, -0.15) is 0 Å². The molecule has 1 N–H and O–H groups in total. The van der Waals surface area contributed by atoms with Gasteiger partial charge in [0.2, 0.25) is 10.0 Å². The lowest BCUT2D eigenvalue weighted by atomic mass is 10.1. The van der Waals surface area contributed by atoms with Crippen LogP contribution in [0.1, 0.15) is 25.0 Å². The average Bonchev–Trinajstić information content (AvgIpc) is 2.53. The van der Waals surface area contributed by atoms with Gasteiger partial charge in [0.25, 0.3) is 0 Å². The van der Waals surface area contributed by atoms with Crippen molar-refractivity contribution >= 4 is 39.2 Å². The molecule has 146 valence electrons. The molecule has 0 aliphatic rings. The molecule has 2 aromatic carbocycles. The summed E-state index contributed by atoms with van der Waals surface area (Å²) in [6.07, 6.45) is -1.28. The maximum atomic E-state index is 13.7. The Balaban J connectivity index is 1.94. The quantitative estimate of drug-likeness (QED) is 0.657. The summed E-state index contributed by atoms with van der Waals surface area (Å²) in [6, 6.07) is 7.14. The molecule has 0 saturated heterocycles. The van der Waals surface area contributed by atoms with Crippen molar-refractivity contribution in [2.24, 2.45) is 0 Å². The topological polar surface area (TPSA) is 72.5 Å². The zero-order chi connectivity index (χ0) is 20.2. The van der Waals surface area contributed by atoms with Crippen LogP contribution in [0.25, 0.3) is 0 Å². The highest BCUT2D eigenvalue weighted by Crippen LogP contribution is 2.28. The summed E-state index contributed by atoms with van der Waals surface area (Å²) < 4.78 is 58.3. The molecule has 0 bridgehead atoms. The lowest BCUT2D eigenvalue weighted by Gasteiger charge is -2.15. The second-order valence-corrected chi connectivity index (χ2v) is 8.01. The number of carbonyl (C=O) groups excluding carboxylic acids is 1. The summed E-state index contributed by atoms with van der Waals surface area (Å²) in [7, 11) is -4.03. The van der Waals surface area contributed by atoms with Crippen LogP contribution in [0, 0.1) is 11.6 Å². The van der Waals surface area contributed by atoms with Gasteiger partial charge in [-0.25, -0.2) is 21.9 Å². The summed E-state index contributed by atoms with van der Waals surface area (Å²) in [5, 5.41) is -0.115. The molecule has 1 atom stereocenters. The Morgan fingerprint density at radius 3 is 2.41 bits per heavy atom. The van der Waals surface area contributed by atoms with Gasteiger partial charge >= 0.3 is 5.97 Å². The summed E-state index contributed by atoms with van der Waals surface area (Å²) in [4.78, 5) is 11.6. The molecule has 0 aromatic heterocycles. The van der Waals surface area contributed by atoms with Crippen molar-refractivity contribution in [2.75, 3.05) is 6.54 Å². The molecule has 10 heteroatoms. The van der Waals surface area contributed by atoms with Gasteiger partial charge in [0.05, 0.1) is 16.5 Å². The SMILES string of the molecule is CC(OC(=O)CCNS(=O)(=O)c1c(Cl)cccc1Cl)c1ccc(F)cc1F. The number of carbonyl (C=O) groups is 1. The largest absolute Gasteiger partial charge is 0.458 e. The van der Waals surface area contributed by atoms with E-state index >= 15 is 0 Å². The van der Waals surface area contributed by atoms with Crippen molar-refractivity contribution in [3.63, 3.8) is 0 Å². The highest BCUT2D eigenvalue weighted by Gasteiger charge is 2.22. The number of rotatable bonds is 7. The molecule has 0 spiro atoms. The molecule has 5 nitrogen and oxygen atoms in total. The minimum atomic E-state index is -4.03. The van der Waals surface area contributed by atoms with Crippen molar-refractivity contribution in [3.05, 3.63) is 63.6 Å². The van der Waals surface area contributed by atoms with E-state index in [-0.39, 0.29) is 33.5 Å². The number of benzene rings is 2. The lowest BCUT2D eigenvalue weighted by Crippen LogP contribution is -2.27. The predicted octanol–water partition coefficient (Wildman–Crippen LogP) is 4.24. The first-order valence-electron chi connectivity index (χ1n) is 7.70. The fraction of sp³-hybridized carbons (Fsp3) is 0.235. The number of halogens is 4. The van der Waals surface area contributed by atoms with Gasteiger partial charge < -0.3 is 4.74 Å². The molecule has 0 fully saturated rings. The highest BCUT2D eigenvalue weighted by atomic mass is 35.5. The average molecular weight is 438 g/mol. The van der Waals surface area contributed by atoms with Crippen LogP contribution in [0.5, 0.6) is 0 Å². The van der Waals surface area contributed by atoms with Gasteiger partial charge in [-0.3, -0.25) is 4.79 Å². The predicted molar refractivity (Wildman–Crippen MR) is 97.1 cm³/mol. The molecule has 0 amide bonds. The van der Waals surface area contributed by atoms with Gasteiger partial charge in [0.1, 0.15) is 22.6 Å². The number of nitrogens with one attached hydrogen (secondary N) is 1. The van der Waals surface area contributed by atoms with Crippen LogP contribution in [-0.4, -0.2) is 20.9 Å². The summed E-state index contributed by atoms with van der Waals surface area (Å²) in [5.74, 6) is -2.36. The van der Waals surface area contributed by atoms with Crippen LogP contribution >= 0.6 is 23.2 Å². The van der Waals surface area contributed by atoms with Gasteiger partial charge in [0.15, 0.2) is 0 Å². The van der Waals surface area contributed by atoms with E-state index in [2.05, 4.69) is 4.72 Å². The van der Waals surface area contributed by atoms with Gasteiger partial charge in [0, 0.05) is 18.2 Å². The lowest BCUT2D eigenvalue weighted by molar-refractivity contribution is -0.148. The third-order valence-electron chi connectivity index (χ3n) is 3.52. The number of ether oxygens (including phenoxy) is 1. The van der Waals surface area contributed by atoms with Crippen molar-refractivity contribution in [2.45, 2.75) is 24.3 Å². The van der Waals surface area contributed by atoms with Crippen LogP contribution in [-0.2, 0) is 19.6 Å². The maximum Gasteiger partial charge on any atom is 0.307 e. The van der Waals surface area contributed by atoms with E-state index in [0.29, 0.717) is 6.07 Å². The Morgan fingerprint density at radius 2 is 1.81 bits per heavy atom. The van der Waals surface area contributed by atoms with E-state index in [4.69, 9.17) is 27.9 Å². The molecular weight excluding hydrogens is 423 g/mol. The first kappa shape index (κ1) is 21.6. The van der Waals surface area contributed by atoms with E-state index in [1.54, 1.807) is 0 Å². The van der Waals surface area contributed by atoms with Crippen LogP contribution in [0.4, 0.5) is 8.78 Å². The molecule has 2 rings (SSSR count). The molecular formula is C17H15Cl2F2NO4S. The molecule has 0 heterocycles. The van der Waals surface area contributed by atoms with Crippen molar-refractivity contribution in [3.8, 4) is 0 Å². The molecule has 0 saturated carbocycles. The Bertz CT molecular complexity index is 934. The van der Waals surface area contributed by atoms with Gasteiger partial charge in [-0.1, -0.05) is 29.3 Å². The monoisotopic (exact) mass is 437 g/mol. The van der Waals surface area contributed by atoms with E-state index < -0.39 is 33.7 Å². The first-order valence-corrected chi connectivity index (χ1v) is 9.94. The number of sulfonamides is 1. The fourth-order valence-corrected chi connectivity index (χ4v) is 4.42. The minimum Gasteiger partial charge on any atom is -0.458 e. The smallest absolute Gasteiger partial charge is 0.307 e. The number of hydrogen-bond donors (Lipinski definition) is 1. The second-order valence-electron chi connectivity index (χ2n) is 5.50. The van der Waals surface area contributed by atoms with E-state index in [1.165, 1.54) is 31.2 Å². The fourth-order valence-electron chi connectivity index (χ4n) is 2.25. The van der Waals surface area contributed by atoms with Crippen molar-refractivity contribution in [1.29, 1.82) is 0 Å². The van der Waals surface area contributed by atoms with E-state index in [0.717, 1.165) is 6.07 Å². The molecule has 0 aliphatic heterocycles. The summed E-state index contributed by atoms with van der Waals surface area (Å²) >= 11 is 11.7. The minimum absolute atomic E-state index is 0.00757. The van der Waals surface area contributed by atoms with E-state index in [1.807, 2.05) is 0 Å². The first-order chi connectivity index (χ1) is 12.6.